The van der Waals surface area contributed by atoms with Gasteiger partial charge in [-0.05, 0) is 11.6 Å². The summed E-state index contributed by atoms with van der Waals surface area (Å²) >= 11 is 5.43. The first-order chi connectivity index (χ1) is 5.11. The zero-order valence-corrected chi connectivity index (χ0v) is 6.34. The van der Waals surface area contributed by atoms with Crippen LogP contribution < -0.4 is 5.73 Å². The molecule has 11 heavy (non-hydrogen) atoms. The Balaban J connectivity index is 3.23. The molecule has 0 saturated carbocycles. The molecule has 1 aromatic heterocycles. The van der Waals surface area contributed by atoms with Gasteiger partial charge in [-0.2, -0.15) is 0 Å². The molecular formula is C6H6ClN3O. The van der Waals surface area contributed by atoms with Crippen molar-refractivity contribution in [3.8, 4) is 0 Å². The second-order valence-electron chi connectivity index (χ2n) is 1.89. The molecule has 5 heteroatoms. The quantitative estimate of drug-likeness (QED) is 0.493. The third-order valence-corrected chi connectivity index (χ3v) is 1.24. The molecule has 0 amide bonds. The monoisotopic (exact) mass is 171 g/mol. The number of halogens is 1. The molecule has 1 aromatic rings. The van der Waals surface area contributed by atoms with E-state index < -0.39 is 0 Å². The summed E-state index contributed by atoms with van der Waals surface area (Å²) in [5.74, 6) is -0.216. The Hall–Kier alpha value is -1.29. The number of hydrogen-bond donors (Lipinski definition) is 2. The number of nitrogens with two attached hydrogens (primary N) is 1. The number of hydrogen-bond acceptors (Lipinski definition) is 4. The van der Waals surface area contributed by atoms with Gasteiger partial charge in [-0.1, -0.05) is 6.58 Å². The first kappa shape index (κ1) is 7.81. The van der Waals surface area contributed by atoms with Crippen molar-refractivity contribution in [3.05, 3.63) is 23.8 Å². The van der Waals surface area contributed by atoms with Gasteiger partial charge in [-0.3, -0.25) is 0 Å². The predicted octanol–water partition coefficient (Wildman–Crippen LogP) is 1.24. The second-order valence-corrected chi connectivity index (χ2v) is 2.23. The van der Waals surface area contributed by atoms with Crippen molar-refractivity contribution in [2.24, 2.45) is 0 Å². The fraction of sp³-hybridized carbons (Fsp3) is 0. The number of anilines is 1. The van der Waals surface area contributed by atoms with Crippen LogP contribution in [0.1, 0.15) is 5.69 Å². The van der Waals surface area contributed by atoms with E-state index in [-0.39, 0.29) is 22.4 Å². The maximum absolute atomic E-state index is 8.91. The van der Waals surface area contributed by atoms with Crippen LogP contribution in [0.2, 0.25) is 5.28 Å². The van der Waals surface area contributed by atoms with E-state index in [1.807, 2.05) is 0 Å². The van der Waals surface area contributed by atoms with Gasteiger partial charge in [0.1, 0.15) is 11.5 Å². The van der Waals surface area contributed by atoms with Crippen molar-refractivity contribution in [2.45, 2.75) is 0 Å². The molecule has 0 saturated heterocycles. The van der Waals surface area contributed by atoms with Gasteiger partial charge in [0.2, 0.25) is 5.28 Å². The maximum Gasteiger partial charge on any atom is 0.223 e. The fourth-order valence-electron chi connectivity index (χ4n) is 0.601. The topological polar surface area (TPSA) is 72.0 Å². The number of nitrogens with zero attached hydrogens (tertiary/aromatic N) is 2. The Morgan fingerprint density at radius 3 is 2.82 bits per heavy atom. The molecule has 0 aliphatic heterocycles. The van der Waals surface area contributed by atoms with Crippen LogP contribution in [0.5, 0.6) is 0 Å². The van der Waals surface area contributed by atoms with Crippen molar-refractivity contribution in [1.29, 1.82) is 0 Å². The van der Waals surface area contributed by atoms with Gasteiger partial charge in [0, 0.05) is 0 Å². The number of aromatic nitrogens is 2. The molecular weight excluding hydrogens is 166 g/mol. The molecule has 0 unspecified atom stereocenters. The summed E-state index contributed by atoms with van der Waals surface area (Å²) in [5.41, 5.74) is 5.81. The summed E-state index contributed by atoms with van der Waals surface area (Å²) < 4.78 is 0. The number of rotatable bonds is 1. The summed E-state index contributed by atoms with van der Waals surface area (Å²) in [4.78, 5) is 7.25. The third-order valence-electron chi connectivity index (χ3n) is 1.06. The van der Waals surface area contributed by atoms with Crippen LogP contribution in [0.4, 0.5) is 5.69 Å². The van der Waals surface area contributed by atoms with Crippen molar-refractivity contribution >= 4 is 23.0 Å². The van der Waals surface area contributed by atoms with Crippen LogP contribution in [-0.2, 0) is 0 Å². The predicted molar refractivity (Wildman–Crippen MR) is 43.1 cm³/mol. The van der Waals surface area contributed by atoms with Crippen LogP contribution in [-0.4, -0.2) is 15.1 Å². The minimum Gasteiger partial charge on any atom is -0.506 e. The normalized spacial score (nSPS) is 9.55. The Labute approximate surface area is 68.3 Å². The Kier molecular flexibility index (Phi) is 1.96. The van der Waals surface area contributed by atoms with E-state index in [1.54, 1.807) is 0 Å². The zero-order chi connectivity index (χ0) is 8.43. The fourth-order valence-corrected chi connectivity index (χ4v) is 0.734. The van der Waals surface area contributed by atoms with Gasteiger partial charge < -0.3 is 10.8 Å². The molecule has 0 aliphatic rings. The molecule has 1 heterocycles. The Morgan fingerprint density at radius 2 is 2.36 bits per heavy atom. The van der Waals surface area contributed by atoms with Gasteiger partial charge >= 0.3 is 0 Å². The van der Waals surface area contributed by atoms with Gasteiger partial charge in [0.25, 0.3) is 0 Å². The average Bonchev–Trinajstić information content (AvgIpc) is 1.94. The SMILES string of the molecule is C=C(O)c1nc(Cl)ncc1N. The highest BCUT2D eigenvalue weighted by Gasteiger charge is 2.04. The molecule has 0 atom stereocenters. The molecule has 0 spiro atoms. The molecule has 0 aliphatic carbocycles. The molecule has 1 rings (SSSR count). The van der Waals surface area contributed by atoms with Gasteiger partial charge in [0.15, 0.2) is 0 Å². The highest BCUT2D eigenvalue weighted by molar-refractivity contribution is 6.28. The van der Waals surface area contributed by atoms with Crippen LogP contribution >= 0.6 is 11.6 Å². The number of nitrogen functional groups attached to an aromatic ring is 1. The van der Waals surface area contributed by atoms with Crippen molar-refractivity contribution in [1.82, 2.24) is 9.97 Å². The molecule has 3 N–H and O–H groups in total. The first-order valence-corrected chi connectivity index (χ1v) is 3.15. The van der Waals surface area contributed by atoms with Gasteiger partial charge in [-0.15, -0.1) is 0 Å². The van der Waals surface area contributed by atoms with Crippen LogP contribution in [0.25, 0.3) is 5.76 Å². The van der Waals surface area contributed by atoms with Crippen molar-refractivity contribution in [3.63, 3.8) is 0 Å². The lowest BCUT2D eigenvalue weighted by atomic mass is 10.3. The number of aliphatic hydroxyl groups excluding tert-OH is 1. The van der Waals surface area contributed by atoms with Crippen LogP contribution in [0.3, 0.4) is 0 Å². The average molecular weight is 172 g/mol. The third kappa shape index (κ3) is 1.59. The Morgan fingerprint density at radius 1 is 1.73 bits per heavy atom. The standard InChI is InChI=1S/C6H6ClN3O/c1-3(11)5-4(8)2-9-6(7)10-5/h2,11H,1,8H2. The van der Waals surface area contributed by atoms with E-state index in [1.165, 1.54) is 6.20 Å². The summed E-state index contributed by atoms with van der Waals surface area (Å²) in [6.07, 6.45) is 1.31. The largest absolute Gasteiger partial charge is 0.506 e. The summed E-state index contributed by atoms with van der Waals surface area (Å²) in [6, 6.07) is 0. The van der Waals surface area contributed by atoms with Gasteiger partial charge in [-0.25, -0.2) is 9.97 Å². The highest BCUT2D eigenvalue weighted by atomic mass is 35.5. The van der Waals surface area contributed by atoms with E-state index in [2.05, 4.69) is 16.5 Å². The van der Waals surface area contributed by atoms with Gasteiger partial charge in [0.05, 0.1) is 11.9 Å². The summed E-state index contributed by atoms with van der Waals surface area (Å²) in [5, 5.41) is 8.94. The van der Waals surface area contributed by atoms with Crippen LogP contribution in [0.15, 0.2) is 12.8 Å². The van der Waals surface area contributed by atoms with Crippen molar-refractivity contribution in [2.75, 3.05) is 5.73 Å². The summed E-state index contributed by atoms with van der Waals surface area (Å²) in [6.45, 7) is 3.25. The molecule has 0 bridgehead atoms. The van der Waals surface area contributed by atoms with E-state index in [4.69, 9.17) is 22.4 Å². The molecule has 0 fully saturated rings. The molecule has 0 radical (unpaired) electrons. The van der Waals surface area contributed by atoms with E-state index >= 15 is 0 Å². The van der Waals surface area contributed by atoms with E-state index in [0.717, 1.165) is 0 Å². The first-order valence-electron chi connectivity index (χ1n) is 2.77. The Bertz CT molecular complexity index is 300. The zero-order valence-electron chi connectivity index (χ0n) is 5.58. The highest BCUT2D eigenvalue weighted by Crippen LogP contribution is 2.15. The molecule has 0 aromatic carbocycles. The molecule has 4 nitrogen and oxygen atoms in total. The van der Waals surface area contributed by atoms with Crippen LogP contribution in [0, 0.1) is 0 Å². The number of aliphatic hydroxyl groups is 1. The lowest BCUT2D eigenvalue weighted by molar-refractivity contribution is 0.511. The minimum atomic E-state index is -0.216. The minimum absolute atomic E-state index is 0.0319. The lowest BCUT2D eigenvalue weighted by Gasteiger charge is -2.00. The lowest BCUT2D eigenvalue weighted by Crippen LogP contribution is -1.98. The van der Waals surface area contributed by atoms with E-state index in [9.17, 15) is 0 Å². The molecule has 58 valence electrons. The smallest absolute Gasteiger partial charge is 0.223 e. The maximum atomic E-state index is 8.91. The van der Waals surface area contributed by atoms with Crippen molar-refractivity contribution < 1.29 is 5.11 Å². The van der Waals surface area contributed by atoms with E-state index in [0.29, 0.717) is 0 Å². The second kappa shape index (κ2) is 2.75. The summed E-state index contributed by atoms with van der Waals surface area (Å²) in [7, 11) is 0.